The summed E-state index contributed by atoms with van der Waals surface area (Å²) in [7, 11) is 0. The van der Waals surface area contributed by atoms with Crippen molar-refractivity contribution >= 4 is 11.9 Å². The molecule has 7 heteroatoms. The summed E-state index contributed by atoms with van der Waals surface area (Å²) in [5.74, 6) is -0.415. The van der Waals surface area contributed by atoms with E-state index in [1.54, 1.807) is 26.0 Å². The second-order valence-electron chi connectivity index (χ2n) is 4.85. The number of aryl methyl sites for hydroxylation is 1. The first-order valence-electron chi connectivity index (χ1n) is 6.37. The Labute approximate surface area is 119 Å². The van der Waals surface area contributed by atoms with Crippen LogP contribution in [0.5, 0.6) is 0 Å². The zero-order chi connectivity index (χ0) is 15.1. The van der Waals surface area contributed by atoms with Gasteiger partial charge < -0.3 is 10.4 Å². The van der Waals surface area contributed by atoms with E-state index in [-0.39, 0.29) is 11.4 Å². The Hall–Kier alpha value is -2.70. The number of nitrogens with zero attached hydrogens (tertiary/aromatic N) is 3. The van der Waals surface area contributed by atoms with E-state index in [0.29, 0.717) is 23.0 Å². The molecule has 0 fully saturated rings. The molecule has 0 amide bonds. The largest absolute Gasteiger partial charge is 0.478 e. The maximum atomic E-state index is 13.1. The van der Waals surface area contributed by atoms with Crippen LogP contribution in [0.3, 0.4) is 0 Å². The number of fused-ring (bicyclic) bond motifs is 1. The molecule has 6 nitrogen and oxygen atoms in total. The van der Waals surface area contributed by atoms with Crippen molar-refractivity contribution in [2.75, 3.05) is 5.32 Å². The minimum atomic E-state index is -1.05. The first-order valence-corrected chi connectivity index (χ1v) is 6.37. The maximum Gasteiger partial charge on any atom is 0.335 e. The Balaban J connectivity index is 2.21. The number of nitrogens with one attached hydrogen (secondary N) is 1. The number of hydrogen-bond acceptors (Lipinski definition) is 4. The van der Waals surface area contributed by atoms with Gasteiger partial charge in [-0.3, -0.25) is 0 Å². The molecule has 0 unspecified atom stereocenters. The Morgan fingerprint density at radius 3 is 2.62 bits per heavy atom. The summed E-state index contributed by atoms with van der Waals surface area (Å²) >= 11 is 0. The van der Waals surface area contributed by atoms with Gasteiger partial charge >= 0.3 is 5.97 Å². The van der Waals surface area contributed by atoms with E-state index < -0.39 is 12.0 Å². The van der Waals surface area contributed by atoms with E-state index >= 15 is 0 Å². The lowest BCUT2D eigenvalue weighted by Gasteiger charge is -2.27. The monoisotopic (exact) mass is 288 g/mol. The molecule has 21 heavy (non-hydrogen) atoms. The fraction of sp³-hybridized carbons (Fsp3) is 0.214. The Bertz CT molecular complexity index is 749. The van der Waals surface area contributed by atoms with Crippen molar-refractivity contribution in [2.24, 2.45) is 0 Å². The predicted molar refractivity (Wildman–Crippen MR) is 73.3 cm³/mol. The number of carboxylic acid groups (broad SMARTS) is 1. The van der Waals surface area contributed by atoms with Gasteiger partial charge in [0.15, 0.2) is 0 Å². The lowest BCUT2D eigenvalue weighted by Crippen LogP contribution is -2.28. The summed E-state index contributed by atoms with van der Waals surface area (Å²) in [4.78, 5) is 15.8. The SMILES string of the molecule is CC1=C(C(=O)O)[C@H](c2ccc(F)cc2)n2nc(C)nc2N1. The van der Waals surface area contributed by atoms with Crippen molar-refractivity contribution in [3.05, 3.63) is 52.7 Å². The van der Waals surface area contributed by atoms with E-state index in [2.05, 4.69) is 15.4 Å². The minimum absolute atomic E-state index is 0.166. The van der Waals surface area contributed by atoms with Crippen LogP contribution < -0.4 is 5.32 Å². The lowest BCUT2D eigenvalue weighted by atomic mass is 9.96. The molecule has 2 aromatic rings. The molecule has 2 N–H and O–H groups in total. The van der Waals surface area contributed by atoms with E-state index in [0.717, 1.165) is 0 Å². The highest BCUT2D eigenvalue weighted by Gasteiger charge is 2.33. The maximum absolute atomic E-state index is 13.1. The van der Waals surface area contributed by atoms with Gasteiger partial charge in [-0.15, -0.1) is 0 Å². The van der Waals surface area contributed by atoms with Gasteiger partial charge in [0, 0.05) is 5.70 Å². The molecule has 1 atom stereocenters. The molecular formula is C14H13FN4O2. The molecule has 0 aliphatic carbocycles. The van der Waals surface area contributed by atoms with Gasteiger partial charge in [0.2, 0.25) is 5.95 Å². The quantitative estimate of drug-likeness (QED) is 0.884. The van der Waals surface area contributed by atoms with Crippen LogP contribution in [0.15, 0.2) is 35.5 Å². The first kappa shape index (κ1) is 13.3. The fourth-order valence-corrected chi connectivity index (χ4v) is 2.49. The second kappa shape index (κ2) is 4.69. The van der Waals surface area contributed by atoms with Crippen LogP contribution in [0.4, 0.5) is 10.3 Å². The third-order valence-corrected chi connectivity index (χ3v) is 3.37. The average Bonchev–Trinajstić information content (AvgIpc) is 2.77. The third kappa shape index (κ3) is 2.16. The second-order valence-corrected chi connectivity index (χ2v) is 4.85. The Morgan fingerprint density at radius 2 is 2.00 bits per heavy atom. The molecule has 108 valence electrons. The van der Waals surface area contributed by atoms with Crippen molar-refractivity contribution in [1.29, 1.82) is 0 Å². The third-order valence-electron chi connectivity index (χ3n) is 3.37. The number of carbonyl (C=O) groups is 1. The van der Waals surface area contributed by atoms with Gasteiger partial charge in [-0.25, -0.2) is 13.9 Å². The summed E-state index contributed by atoms with van der Waals surface area (Å²) in [6.45, 7) is 3.40. The molecule has 2 heterocycles. The molecule has 0 radical (unpaired) electrons. The van der Waals surface area contributed by atoms with Crippen molar-refractivity contribution in [3.63, 3.8) is 0 Å². The highest BCUT2D eigenvalue weighted by atomic mass is 19.1. The molecular weight excluding hydrogens is 275 g/mol. The number of carboxylic acids is 1. The van der Waals surface area contributed by atoms with Gasteiger partial charge in [0.1, 0.15) is 17.7 Å². The Kier molecular flexibility index (Phi) is 2.97. The van der Waals surface area contributed by atoms with Crippen molar-refractivity contribution in [2.45, 2.75) is 19.9 Å². The van der Waals surface area contributed by atoms with Crippen LogP contribution >= 0.6 is 0 Å². The van der Waals surface area contributed by atoms with Gasteiger partial charge in [-0.05, 0) is 31.5 Å². The van der Waals surface area contributed by atoms with Crippen LogP contribution in [0, 0.1) is 12.7 Å². The predicted octanol–water partition coefficient (Wildman–Crippen LogP) is 2.10. The van der Waals surface area contributed by atoms with Crippen LogP contribution in [0.25, 0.3) is 0 Å². The molecule has 0 saturated heterocycles. The zero-order valence-corrected chi connectivity index (χ0v) is 11.5. The summed E-state index contributed by atoms with van der Waals surface area (Å²) in [5, 5.41) is 16.7. The van der Waals surface area contributed by atoms with Crippen LogP contribution in [-0.2, 0) is 4.79 Å². The van der Waals surface area contributed by atoms with Crippen LogP contribution in [-0.4, -0.2) is 25.8 Å². The van der Waals surface area contributed by atoms with E-state index in [4.69, 9.17) is 0 Å². The van der Waals surface area contributed by atoms with Gasteiger partial charge in [0.25, 0.3) is 0 Å². The van der Waals surface area contributed by atoms with Crippen molar-refractivity contribution in [3.8, 4) is 0 Å². The number of benzene rings is 1. The van der Waals surface area contributed by atoms with E-state index in [1.807, 2.05) is 0 Å². The molecule has 1 aromatic heterocycles. The number of aliphatic carboxylic acids is 1. The highest BCUT2D eigenvalue weighted by molar-refractivity contribution is 5.90. The summed E-state index contributed by atoms with van der Waals surface area (Å²) in [6, 6.07) is 5.08. The number of anilines is 1. The first-order chi connectivity index (χ1) is 9.97. The normalized spacial score (nSPS) is 17.4. The minimum Gasteiger partial charge on any atom is -0.478 e. The molecule has 3 rings (SSSR count). The van der Waals surface area contributed by atoms with Crippen LogP contribution in [0.2, 0.25) is 0 Å². The number of halogens is 1. The summed E-state index contributed by atoms with van der Waals surface area (Å²) in [6.07, 6.45) is 0. The van der Waals surface area contributed by atoms with E-state index in [1.165, 1.54) is 16.8 Å². The molecule has 1 aliphatic heterocycles. The van der Waals surface area contributed by atoms with Gasteiger partial charge in [0.05, 0.1) is 5.57 Å². The smallest absolute Gasteiger partial charge is 0.335 e. The Morgan fingerprint density at radius 1 is 1.33 bits per heavy atom. The average molecular weight is 288 g/mol. The standard InChI is InChI=1S/C14H13FN4O2/c1-7-11(13(20)21)12(9-3-5-10(15)6-4-9)19-14(16-7)17-8(2)18-19/h3-6,12H,1-2H3,(H,20,21)(H,16,17,18)/t12-/m0/s1. The molecule has 0 spiro atoms. The van der Waals surface area contributed by atoms with Gasteiger partial charge in [-0.1, -0.05) is 12.1 Å². The highest BCUT2D eigenvalue weighted by Crippen LogP contribution is 2.34. The lowest BCUT2D eigenvalue weighted by molar-refractivity contribution is -0.133. The summed E-state index contributed by atoms with van der Waals surface area (Å²) in [5.41, 5.74) is 1.30. The fourth-order valence-electron chi connectivity index (χ4n) is 2.49. The number of rotatable bonds is 2. The number of allylic oxidation sites excluding steroid dienone is 1. The molecule has 0 bridgehead atoms. The van der Waals surface area contributed by atoms with E-state index in [9.17, 15) is 14.3 Å². The molecule has 1 aromatic carbocycles. The van der Waals surface area contributed by atoms with Crippen molar-refractivity contribution < 1.29 is 14.3 Å². The van der Waals surface area contributed by atoms with Crippen LogP contribution in [0.1, 0.15) is 24.4 Å². The zero-order valence-electron chi connectivity index (χ0n) is 11.5. The van der Waals surface area contributed by atoms with Crippen molar-refractivity contribution in [1.82, 2.24) is 14.8 Å². The summed E-state index contributed by atoms with van der Waals surface area (Å²) < 4.78 is 14.6. The number of hydrogen-bond donors (Lipinski definition) is 2. The van der Waals surface area contributed by atoms with Gasteiger partial charge in [-0.2, -0.15) is 10.1 Å². The molecule has 1 aliphatic rings. The topological polar surface area (TPSA) is 80.0 Å². The number of aromatic nitrogens is 3. The molecule has 0 saturated carbocycles.